The molecule has 0 aliphatic carbocycles. The molecule has 12 heteroatoms. The Balaban J connectivity index is 2.29. The minimum atomic E-state index is -1.07. The van der Waals surface area contributed by atoms with Crippen LogP contribution in [0.25, 0.3) is 22.2 Å². The average Bonchev–Trinajstić information content (AvgIpc) is 3.23. The highest BCUT2D eigenvalue weighted by molar-refractivity contribution is 5.96. The van der Waals surface area contributed by atoms with Crippen LogP contribution in [0.1, 0.15) is 214 Å². The minimum absolute atomic E-state index is 0.0267. The molecule has 0 aliphatic heterocycles. The first-order chi connectivity index (χ1) is 32.4. The van der Waals surface area contributed by atoms with E-state index in [9.17, 15) is 24.0 Å². The zero-order valence-corrected chi connectivity index (χ0v) is 45.8. The lowest BCUT2D eigenvalue weighted by atomic mass is 9.96. The Hall–Kier alpha value is -5.00. The molecule has 390 valence electrons. The maximum absolute atomic E-state index is 15.3. The highest BCUT2D eigenvalue weighted by atomic mass is 16.6. The van der Waals surface area contributed by atoms with E-state index in [-0.39, 0.29) is 57.5 Å². The van der Waals surface area contributed by atoms with Gasteiger partial charge in [0.25, 0.3) is 0 Å². The number of aryl methyl sites for hydroxylation is 1. The van der Waals surface area contributed by atoms with Gasteiger partial charge in [0.05, 0.1) is 43.7 Å². The third kappa shape index (κ3) is 18.0. The van der Waals surface area contributed by atoms with Crippen molar-refractivity contribution in [2.45, 2.75) is 220 Å². The van der Waals surface area contributed by atoms with E-state index in [0.29, 0.717) is 6.42 Å². The predicted molar refractivity (Wildman–Crippen MR) is 279 cm³/mol. The van der Waals surface area contributed by atoms with Crippen molar-refractivity contribution in [3.63, 3.8) is 0 Å². The molecular weight excluding hydrogens is 887 g/mol. The van der Waals surface area contributed by atoms with E-state index in [0.717, 1.165) is 25.7 Å². The van der Waals surface area contributed by atoms with Crippen molar-refractivity contribution in [2.75, 3.05) is 0 Å². The van der Waals surface area contributed by atoms with Crippen molar-refractivity contribution in [2.24, 2.45) is 27.1 Å². The van der Waals surface area contributed by atoms with Crippen LogP contribution in [-0.2, 0) is 30.5 Å². The Bertz CT molecular complexity index is 2340. The lowest BCUT2D eigenvalue weighted by molar-refractivity contribution is -0.145. The number of hydrogen-bond donors (Lipinski definition) is 0. The Morgan fingerprint density at radius 1 is 0.429 bits per heavy atom. The van der Waals surface area contributed by atoms with Crippen molar-refractivity contribution < 1.29 is 47.7 Å². The summed E-state index contributed by atoms with van der Waals surface area (Å²) in [4.78, 5) is 83.1. The van der Waals surface area contributed by atoms with Gasteiger partial charge in [-0.25, -0.2) is 0 Å². The number of carbonyl (C=O) groups excluding carboxylic acids is 5. The van der Waals surface area contributed by atoms with Gasteiger partial charge in [-0.1, -0.05) is 103 Å². The SMILES string of the molecule is CCCCCCCCCCCCCCCCCCn1c(-c2ccc(OC(=O)C(C)(C)C)c(OC(=O)C(C)(C)C)c2)c(OC(=O)C(C)(C)C)c(=O)c2c(OC(=O)C(C)(C)C)cc(OC(=O)C(C)(C)C)cc21. The summed E-state index contributed by atoms with van der Waals surface area (Å²) in [7, 11) is 0. The highest BCUT2D eigenvalue weighted by Crippen LogP contribution is 2.42. The third-order valence-electron chi connectivity index (χ3n) is 11.8. The van der Waals surface area contributed by atoms with Gasteiger partial charge in [-0.2, -0.15) is 0 Å². The second-order valence-electron chi connectivity index (χ2n) is 24.1. The van der Waals surface area contributed by atoms with Crippen LogP contribution in [0.2, 0.25) is 0 Å². The van der Waals surface area contributed by atoms with Gasteiger partial charge in [0.1, 0.15) is 11.5 Å². The Kier molecular flexibility index (Phi) is 21.5. The molecule has 0 aliphatic rings. The third-order valence-corrected chi connectivity index (χ3v) is 11.8. The summed E-state index contributed by atoms with van der Waals surface area (Å²) in [5.41, 5.74) is -4.97. The molecule has 0 fully saturated rings. The molecule has 3 rings (SSSR count). The molecule has 70 heavy (non-hydrogen) atoms. The zero-order chi connectivity index (χ0) is 52.8. The van der Waals surface area contributed by atoms with Crippen molar-refractivity contribution in [3.8, 4) is 40.0 Å². The molecule has 0 unspecified atom stereocenters. The van der Waals surface area contributed by atoms with Crippen molar-refractivity contribution in [1.29, 1.82) is 0 Å². The summed E-state index contributed by atoms with van der Waals surface area (Å²) >= 11 is 0. The monoisotopic (exact) mass is 974 g/mol. The molecule has 0 bridgehead atoms. The summed E-state index contributed by atoms with van der Waals surface area (Å²) in [6.07, 6.45) is 18.8. The summed E-state index contributed by atoms with van der Waals surface area (Å²) in [6, 6.07) is 7.46. The van der Waals surface area contributed by atoms with Crippen molar-refractivity contribution >= 4 is 40.7 Å². The number of ether oxygens (including phenoxy) is 5. The fourth-order valence-corrected chi connectivity index (χ4v) is 7.14. The minimum Gasteiger partial charge on any atom is -0.426 e. The number of carbonyl (C=O) groups is 5. The number of unbranched alkanes of at least 4 members (excludes halogenated alkanes) is 15. The standard InChI is InChI=1S/C58H87NO11/c1-17-18-19-20-21-22-23-24-25-26-27-28-29-30-31-32-35-59-41-37-40(66-49(61)54(2,3)4)38-44(69-52(64)57(11,12)13)45(41)47(60)48(70-53(65)58(14,15)16)46(59)39-33-34-42(67-50(62)55(5,6)7)43(36-39)68-51(63)56(8,9)10/h33-34,36-38H,17-32,35H2,1-16H3. The molecule has 0 saturated heterocycles. The van der Waals surface area contributed by atoms with E-state index in [2.05, 4.69) is 6.92 Å². The van der Waals surface area contributed by atoms with E-state index >= 15 is 4.79 Å². The van der Waals surface area contributed by atoms with E-state index in [1.54, 1.807) is 121 Å². The summed E-state index contributed by atoms with van der Waals surface area (Å²) in [5.74, 6) is -3.75. The molecule has 0 amide bonds. The first kappa shape index (κ1) is 59.3. The predicted octanol–water partition coefficient (Wildman–Crippen LogP) is 14.7. The lowest BCUT2D eigenvalue weighted by Gasteiger charge is -2.25. The Morgan fingerprint density at radius 3 is 1.23 bits per heavy atom. The van der Waals surface area contributed by atoms with Crippen LogP contribution in [0.15, 0.2) is 35.1 Å². The molecule has 0 N–H and O–H groups in total. The number of esters is 5. The fraction of sp³-hybridized carbons (Fsp3) is 0.655. The van der Waals surface area contributed by atoms with Crippen molar-refractivity contribution in [3.05, 3.63) is 40.6 Å². The maximum atomic E-state index is 15.3. The number of rotatable bonds is 23. The number of aromatic nitrogens is 1. The summed E-state index contributed by atoms with van der Waals surface area (Å²) < 4.78 is 31.8. The summed E-state index contributed by atoms with van der Waals surface area (Å²) in [5, 5.41) is -0.0692. The Morgan fingerprint density at radius 2 is 0.800 bits per heavy atom. The first-order valence-corrected chi connectivity index (χ1v) is 25.9. The molecular formula is C58H87NO11. The Labute approximate surface area is 419 Å². The van der Waals surface area contributed by atoms with Crippen LogP contribution in [0, 0.1) is 27.1 Å². The fourth-order valence-electron chi connectivity index (χ4n) is 7.14. The number of nitrogens with zero attached hydrogens (tertiary/aromatic N) is 1. The van der Waals surface area contributed by atoms with Gasteiger partial charge in [-0.15, -0.1) is 0 Å². The van der Waals surface area contributed by atoms with Gasteiger partial charge in [-0.05, 0) is 128 Å². The van der Waals surface area contributed by atoms with Gasteiger partial charge in [0, 0.05) is 24.2 Å². The highest BCUT2D eigenvalue weighted by Gasteiger charge is 2.34. The van der Waals surface area contributed by atoms with Gasteiger partial charge in [-0.3, -0.25) is 28.8 Å². The van der Waals surface area contributed by atoms with Crippen LogP contribution >= 0.6 is 0 Å². The molecule has 3 aromatic rings. The largest absolute Gasteiger partial charge is 0.426 e. The van der Waals surface area contributed by atoms with Crippen LogP contribution in [0.5, 0.6) is 28.7 Å². The molecule has 1 heterocycles. The average molecular weight is 974 g/mol. The van der Waals surface area contributed by atoms with Gasteiger partial charge in [0.2, 0.25) is 11.2 Å². The van der Waals surface area contributed by atoms with Gasteiger partial charge < -0.3 is 28.3 Å². The lowest BCUT2D eigenvalue weighted by Crippen LogP contribution is -2.30. The first-order valence-electron chi connectivity index (χ1n) is 25.9. The second kappa shape index (κ2) is 25.4. The molecule has 12 nitrogen and oxygen atoms in total. The topological polar surface area (TPSA) is 154 Å². The molecule has 2 aromatic carbocycles. The number of pyridine rings is 1. The smallest absolute Gasteiger partial charge is 0.316 e. The van der Waals surface area contributed by atoms with Crippen LogP contribution in [0.3, 0.4) is 0 Å². The van der Waals surface area contributed by atoms with Gasteiger partial charge >= 0.3 is 29.8 Å². The molecule has 0 spiro atoms. The number of benzene rings is 2. The van der Waals surface area contributed by atoms with Crippen molar-refractivity contribution in [1.82, 2.24) is 4.57 Å². The zero-order valence-electron chi connectivity index (χ0n) is 45.8. The van der Waals surface area contributed by atoms with E-state index < -0.39 is 62.4 Å². The quantitative estimate of drug-likeness (QED) is 0.0507. The number of fused-ring (bicyclic) bond motifs is 1. The van der Waals surface area contributed by atoms with E-state index in [1.807, 2.05) is 0 Å². The molecule has 0 atom stereocenters. The van der Waals surface area contributed by atoms with Crippen LogP contribution in [-0.4, -0.2) is 34.4 Å². The van der Waals surface area contributed by atoms with Crippen LogP contribution < -0.4 is 29.1 Å². The summed E-state index contributed by atoms with van der Waals surface area (Å²) in [6.45, 7) is 27.9. The molecule has 0 radical (unpaired) electrons. The maximum Gasteiger partial charge on any atom is 0.316 e. The normalized spacial score (nSPS) is 12.5. The van der Waals surface area contributed by atoms with E-state index in [4.69, 9.17) is 23.7 Å². The van der Waals surface area contributed by atoms with Crippen LogP contribution in [0.4, 0.5) is 0 Å². The van der Waals surface area contributed by atoms with E-state index in [1.165, 1.54) is 88.8 Å². The number of hydrogen-bond acceptors (Lipinski definition) is 11. The second-order valence-corrected chi connectivity index (χ2v) is 24.1. The van der Waals surface area contributed by atoms with Gasteiger partial charge in [0.15, 0.2) is 11.5 Å². The molecule has 1 aromatic heterocycles. The molecule has 0 saturated carbocycles.